The molecule has 0 amide bonds. The maximum Gasteiger partial charge on any atom is 0.187 e. The van der Waals surface area contributed by atoms with Crippen LogP contribution in [0, 0.1) is 44.3 Å². The zero-order chi connectivity index (χ0) is 49.0. The largest absolute Gasteiger partial charge is 0.396 e. The lowest BCUT2D eigenvalue weighted by Gasteiger charge is -2.70. The fourth-order valence-electron chi connectivity index (χ4n) is 14.6. The standard InChI is InChI=1S/C48H78O19/c1-22-31(55)38(66-42-39(35(59)33(57)26(18-50)64-42)67-40-36(60)34(58)32(56)25(17-49)63-40)37(61)41(62-22)65-30-10-11-44(3)27(45(30,4)20-52)9-12-46(5)28(44)8-7-23-24-15-43(2,19-51)13-14-48(24,21-53)29(54)16-47(23,46)6/h7-8,22,25-42,49-61H,9-21H2,1-6H3/t22-,25-,26-,27?,28?,29-,30+,31+,32-,33-,34+,35+,36-,37-,38+,39-,40+,41+,42+,43+,44+,45+,46-,47-,48-/m1/s1. The van der Waals surface area contributed by atoms with Gasteiger partial charge in [-0.1, -0.05) is 52.3 Å². The van der Waals surface area contributed by atoms with Gasteiger partial charge in [-0.3, -0.25) is 0 Å². The molecular weight excluding hydrogens is 881 g/mol. The fourth-order valence-corrected chi connectivity index (χ4v) is 14.6. The van der Waals surface area contributed by atoms with Gasteiger partial charge in [0.2, 0.25) is 0 Å². The number of rotatable bonds is 11. The molecule has 8 aliphatic rings. The molecule has 67 heavy (non-hydrogen) atoms. The van der Waals surface area contributed by atoms with Crippen molar-refractivity contribution >= 4 is 0 Å². The molecule has 3 saturated heterocycles. The molecule has 25 atom stereocenters. The third kappa shape index (κ3) is 7.97. The summed E-state index contributed by atoms with van der Waals surface area (Å²) >= 11 is 0. The summed E-state index contributed by atoms with van der Waals surface area (Å²) in [6, 6.07) is 0. The number of aliphatic hydroxyl groups excluding tert-OH is 13. The van der Waals surface area contributed by atoms with Crippen molar-refractivity contribution in [2.24, 2.45) is 44.3 Å². The van der Waals surface area contributed by atoms with Crippen LogP contribution in [0.4, 0.5) is 0 Å². The van der Waals surface area contributed by atoms with Gasteiger partial charge < -0.3 is 94.8 Å². The van der Waals surface area contributed by atoms with E-state index < -0.39 is 134 Å². The molecule has 2 unspecified atom stereocenters. The Bertz CT molecular complexity index is 1840. The number of hydrogen-bond donors (Lipinski definition) is 13. The zero-order valence-corrected chi connectivity index (χ0v) is 39.6. The lowest BCUT2D eigenvalue weighted by atomic mass is 9.35. The van der Waals surface area contributed by atoms with Crippen LogP contribution in [0.2, 0.25) is 0 Å². The molecular formula is C48H78O19. The summed E-state index contributed by atoms with van der Waals surface area (Å²) in [5, 5.41) is 142. The average Bonchev–Trinajstić information content (AvgIpc) is 3.30. The summed E-state index contributed by atoms with van der Waals surface area (Å²) < 4.78 is 36.1. The molecule has 19 nitrogen and oxygen atoms in total. The first-order chi connectivity index (χ1) is 31.5. The maximum absolute atomic E-state index is 12.1. The topological polar surface area (TPSA) is 318 Å². The first-order valence-corrected chi connectivity index (χ1v) is 24.3. The van der Waals surface area contributed by atoms with Gasteiger partial charge in [0.15, 0.2) is 18.9 Å². The molecule has 0 radical (unpaired) electrons. The smallest absolute Gasteiger partial charge is 0.187 e. The second-order valence-corrected chi connectivity index (χ2v) is 22.9. The van der Waals surface area contributed by atoms with E-state index in [0.29, 0.717) is 44.9 Å². The van der Waals surface area contributed by atoms with Crippen molar-refractivity contribution in [1.82, 2.24) is 0 Å². The van der Waals surface area contributed by atoms with E-state index >= 15 is 0 Å². The van der Waals surface area contributed by atoms with Crippen molar-refractivity contribution in [3.8, 4) is 0 Å². The summed E-state index contributed by atoms with van der Waals surface area (Å²) in [7, 11) is 0. The highest BCUT2D eigenvalue weighted by atomic mass is 16.8. The molecule has 0 bridgehead atoms. The molecule has 8 rings (SSSR count). The summed E-state index contributed by atoms with van der Waals surface area (Å²) in [4.78, 5) is 0. The van der Waals surface area contributed by atoms with Crippen molar-refractivity contribution in [3.05, 3.63) is 23.3 Å². The molecule has 384 valence electrons. The van der Waals surface area contributed by atoms with Gasteiger partial charge in [-0.05, 0) is 91.9 Å². The Morgan fingerprint density at radius 2 is 1.24 bits per heavy atom. The predicted molar refractivity (Wildman–Crippen MR) is 233 cm³/mol. The molecule has 0 spiro atoms. The zero-order valence-electron chi connectivity index (χ0n) is 39.6. The minimum absolute atomic E-state index is 0.0135. The third-order valence-corrected chi connectivity index (χ3v) is 19.2. The van der Waals surface area contributed by atoms with Crippen LogP contribution in [0.1, 0.15) is 92.9 Å². The average molecular weight is 959 g/mol. The Morgan fingerprint density at radius 3 is 1.87 bits per heavy atom. The minimum atomic E-state index is -1.91. The van der Waals surface area contributed by atoms with Gasteiger partial charge in [0.05, 0.1) is 44.7 Å². The highest BCUT2D eigenvalue weighted by Crippen LogP contribution is 2.74. The Kier molecular flexibility index (Phi) is 14.5. The summed E-state index contributed by atoms with van der Waals surface area (Å²) in [5.74, 6) is -0.0620. The maximum atomic E-state index is 12.1. The third-order valence-electron chi connectivity index (χ3n) is 19.2. The Balaban J connectivity index is 1.04. The van der Waals surface area contributed by atoms with Gasteiger partial charge in [0.1, 0.15) is 67.1 Å². The molecule has 13 N–H and O–H groups in total. The van der Waals surface area contributed by atoms with Crippen LogP contribution in [-0.4, -0.2) is 204 Å². The van der Waals surface area contributed by atoms with Crippen LogP contribution in [0.25, 0.3) is 0 Å². The van der Waals surface area contributed by atoms with Gasteiger partial charge in [-0.25, -0.2) is 0 Å². The first kappa shape index (κ1) is 52.1. The summed E-state index contributed by atoms with van der Waals surface area (Å²) in [5.41, 5.74) is -0.899. The molecule has 0 aromatic heterocycles. The van der Waals surface area contributed by atoms with Crippen LogP contribution in [0.3, 0.4) is 0 Å². The van der Waals surface area contributed by atoms with Gasteiger partial charge in [-0.15, -0.1) is 0 Å². The summed E-state index contributed by atoms with van der Waals surface area (Å²) in [6.07, 6.45) is -16.5. The fraction of sp³-hybridized carbons (Fsp3) is 0.917. The number of aliphatic hydroxyl groups is 13. The molecule has 19 heteroatoms. The lowest BCUT2D eigenvalue weighted by Crippen LogP contribution is -2.67. The quantitative estimate of drug-likeness (QED) is 0.105. The first-order valence-electron chi connectivity index (χ1n) is 24.3. The highest BCUT2D eigenvalue weighted by Gasteiger charge is 2.69. The van der Waals surface area contributed by atoms with Crippen LogP contribution in [0.5, 0.6) is 0 Å². The van der Waals surface area contributed by atoms with E-state index in [1.165, 1.54) is 6.92 Å². The normalized spacial score (nSPS) is 55.6. The highest BCUT2D eigenvalue weighted by molar-refractivity contribution is 5.47. The van der Waals surface area contributed by atoms with Crippen molar-refractivity contribution in [2.45, 2.75) is 197 Å². The molecule has 3 heterocycles. The van der Waals surface area contributed by atoms with Crippen LogP contribution in [0.15, 0.2) is 23.3 Å². The predicted octanol–water partition coefficient (Wildman–Crippen LogP) is -1.52. The van der Waals surface area contributed by atoms with E-state index in [-0.39, 0.29) is 47.9 Å². The second-order valence-electron chi connectivity index (χ2n) is 22.9. The number of fused-ring (bicyclic) bond motifs is 6. The van der Waals surface area contributed by atoms with E-state index in [2.05, 4.69) is 39.8 Å². The minimum Gasteiger partial charge on any atom is -0.396 e. The van der Waals surface area contributed by atoms with Gasteiger partial charge in [-0.2, -0.15) is 0 Å². The number of ether oxygens (including phenoxy) is 6. The molecule has 3 saturated carbocycles. The van der Waals surface area contributed by atoms with Gasteiger partial charge >= 0.3 is 0 Å². The van der Waals surface area contributed by atoms with Crippen molar-refractivity contribution in [2.75, 3.05) is 33.0 Å². The van der Waals surface area contributed by atoms with Crippen LogP contribution < -0.4 is 0 Å². The van der Waals surface area contributed by atoms with E-state index in [1.54, 1.807) is 0 Å². The van der Waals surface area contributed by atoms with E-state index in [1.807, 2.05) is 6.92 Å². The Labute approximate surface area is 391 Å². The Morgan fingerprint density at radius 1 is 0.612 bits per heavy atom. The van der Waals surface area contributed by atoms with Crippen molar-refractivity contribution in [1.29, 1.82) is 0 Å². The molecule has 0 aromatic carbocycles. The monoisotopic (exact) mass is 959 g/mol. The van der Waals surface area contributed by atoms with E-state index in [0.717, 1.165) is 17.6 Å². The van der Waals surface area contributed by atoms with Crippen LogP contribution in [-0.2, 0) is 28.4 Å². The SMILES string of the molecule is C[C@H]1O[C@@H](O[C@H]2CC[C@@]3(C)C(CC[C@]4(C)C3C=CC3=C5C[C@@](C)(CO)CC[C@]5(CO)[C@H](O)C[C@]34C)[C@]2(C)CO)[C@H](O)[C@@H](O[C@@H]2O[C@H](CO)[C@@H](O)[C@H](O)[C@H]2O[C@@H]2O[C@H](CO)[C@@H](O)[C@H](O)[C@H]2O)[C@H]1O. The number of allylic oxidation sites excluding steroid dienone is 3. The van der Waals surface area contributed by atoms with E-state index in [9.17, 15) is 66.4 Å². The number of hydrogen-bond acceptors (Lipinski definition) is 19. The lowest BCUT2D eigenvalue weighted by molar-refractivity contribution is -0.391. The van der Waals surface area contributed by atoms with Gasteiger partial charge in [0, 0.05) is 22.9 Å². The van der Waals surface area contributed by atoms with Crippen molar-refractivity contribution in [3.63, 3.8) is 0 Å². The van der Waals surface area contributed by atoms with Crippen molar-refractivity contribution < 1.29 is 94.8 Å². The summed E-state index contributed by atoms with van der Waals surface area (Å²) in [6.45, 7) is 10.5. The second kappa shape index (κ2) is 18.6. The Hall–Kier alpha value is -1.28. The van der Waals surface area contributed by atoms with Gasteiger partial charge in [0.25, 0.3) is 0 Å². The molecule has 0 aromatic rings. The van der Waals surface area contributed by atoms with E-state index in [4.69, 9.17) is 28.4 Å². The molecule has 6 fully saturated rings. The van der Waals surface area contributed by atoms with Crippen LogP contribution >= 0.6 is 0 Å². The molecule has 3 aliphatic heterocycles. The molecule has 5 aliphatic carbocycles.